The standard InChI is InChI=1S/C17H19N5O2/c1-12(16-21-20-15-8-3-4-9-22(15)16)19-17(23)18-11-13-6-5-7-14(10-13)24-2/h3-10,12H,11H2,1-2H3,(H2,18,19,23). The zero-order chi connectivity index (χ0) is 16.9. The number of aromatic nitrogens is 3. The Morgan fingerprint density at radius 1 is 1.25 bits per heavy atom. The van der Waals surface area contributed by atoms with Crippen LogP contribution in [-0.4, -0.2) is 27.7 Å². The summed E-state index contributed by atoms with van der Waals surface area (Å²) in [5.41, 5.74) is 1.71. The van der Waals surface area contributed by atoms with Crippen LogP contribution in [0.4, 0.5) is 4.79 Å². The summed E-state index contributed by atoms with van der Waals surface area (Å²) in [6.07, 6.45) is 1.87. The molecule has 3 aromatic rings. The monoisotopic (exact) mass is 325 g/mol. The average molecular weight is 325 g/mol. The summed E-state index contributed by atoms with van der Waals surface area (Å²) < 4.78 is 7.02. The van der Waals surface area contributed by atoms with Crippen molar-refractivity contribution < 1.29 is 9.53 Å². The number of rotatable bonds is 5. The Balaban J connectivity index is 1.60. The van der Waals surface area contributed by atoms with Crippen molar-refractivity contribution in [1.29, 1.82) is 0 Å². The SMILES string of the molecule is COc1cccc(CNC(=O)NC(C)c2nnc3ccccn23)c1. The number of methoxy groups -OCH3 is 1. The summed E-state index contributed by atoms with van der Waals surface area (Å²) in [4.78, 5) is 12.1. The molecule has 0 aliphatic carbocycles. The van der Waals surface area contributed by atoms with Crippen molar-refractivity contribution in [2.45, 2.75) is 19.5 Å². The van der Waals surface area contributed by atoms with E-state index in [1.165, 1.54) is 0 Å². The number of urea groups is 1. The minimum absolute atomic E-state index is 0.266. The highest BCUT2D eigenvalue weighted by atomic mass is 16.5. The number of nitrogens with zero attached hydrogens (tertiary/aromatic N) is 3. The number of carbonyl (C=O) groups is 1. The molecule has 1 atom stereocenters. The van der Waals surface area contributed by atoms with Gasteiger partial charge in [-0.05, 0) is 36.8 Å². The van der Waals surface area contributed by atoms with Crippen LogP contribution in [0.2, 0.25) is 0 Å². The number of hydrogen-bond acceptors (Lipinski definition) is 4. The fraction of sp³-hybridized carbons (Fsp3) is 0.235. The van der Waals surface area contributed by atoms with E-state index < -0.39 is 0 Å². The van der Waals surface area contributed by atoms with Gasteiger partial charge in [-0.15, -0.1) is 10.2 Å². The van der Waals surface area contributed by atoms with E-state index >= 15 is 0 Å². The number of benzene rings is 1. The van der Waals surface area contributed by atoms with Crippen LogP contribution < -0.4 is 15.4 Å². The summed E-state index contributed by atoms with van der Waals surface area (Å²) in [5, 5.41) is 13.9. The zero-order valence-electron chi connectivity index (χ0n) is 13.6. The Bertz CT molecular complexity index is 846. The van der Waals surface area contributed by atoms with Crippen molar-refractivity contribution in [3.05, 3.63) is 60.0 Å². The first kappa shape index (κ1) is 15.8. The van der Waals surface area contributed by atoms with Gasteiger partial charge in [0.1, 0.15) is 5.75 Å². The van der Waals surface area contributed by atoms with Crippen LogP contribution in [0.15, 0.2) is 48.7 Å². The van der Waals surface area contributed by atoms with Crippen molar-refractivity contribution in [2.75, 3.05) is 7.11 Å². The van der Waals surface area contributed by atoms with Crippen LogP contribution in [0, 0.1) is 0 Å². The third-order valence-electron chi connectivity index (χ3n) is 3.66. The van der Waals surface area contributed by atoms with E-state index in [1.807, 2.05) is 60.0 Å². The van der Waals surface area contributed by atoms with Crippen molar-refractivity contribution in [3.8, 4) is 5.75 Å². The maximum absolute atomic E-state index is 12.1. The highest BCUT2D eigenvalue weighted by molar-refractivity contribution is 5.74. The first-order valence-corrected chi connectivity index (χ1v) is 7.64. The number of carbonyl (C=O) groups excluding carboxylic acids is 1. The summed E-state index contributed by atoms with van der Waals surface area (Å²) in [5.74, 6) is 1.44. The molecule has 2 amide bonds. The predicted octanol–water partition coefficient (Wildman–Crippen LogP) is 2.30. The smallest absolute Gasteiger partial charge is 0.315 e. The van der Waals surface area contributed by atoms with Crippen molar-refractivity contribution in [2.24, 2.45) is 0 Å². The zero-order valence-corrected chi connectivity index (χ0v) is 13.6. The quantitative estimate of drug-likeness (QED) is 0.754. The van der Waals surface area contributed by atoms with E-state index in [0.29, 0.717) is 12.4 Å². The van der Waals surface area contributed by atoms with Gasteiger partial charge < -0.3 is 15.4 Å². The Hall–Kier alpha value is -3.09. The Labute approximate surface area is 139 Å². The molecule has 0 aliphatic heterocycles. The first-order valence-electron chi connectivity index (χ1n) is 7.64. The van der Waals surface area contributed by atoms with Crippen LogP contribution in [0.5, 0.6) is 5.75 Å². The molecule has 124 valence electrons. The normalized spacial score (nSPS) is 11.9. The third kappa shape index (κ3) is 3.45. The van der Waals surface area contributed by atoms with Gasteiger partial charge in [0, 0.05) is 12.7 Å². The number of fused-ring (bicyclic) bond motifs is 1. The van der Waals surface area contributed by atoms with Gasteiger partial charge in [0.15, 0.2) is 11.5 Å². The van der Waals surface area contributed by atoms with E-state index in [0.717, 1.165) is 17.0 Å². The minimum Gasteiger partial charge on any atom is -0.497 e. The number of amides is 2. The minimum atomic E-state index is -0.271. The van der Waals surface area contributed by atoms with Gasteiger partial charge in [-0.25, -0.2) is 4.79 Å². The average Bonchev–Trinajstić information content (AvgIpc) is 3.04. The second-order valence-electron chi connectivity index (χ2n) is 5.39. The third-order valence-corrected chi connectivity index (χ3v) is 3.66. The molecule has 0 spiro atoms. The molecule has 3 rings (SSSR count). The predicted molar refractivity (Wildman–Crippen MR) is 89.8 cm³/mol. The van der Waals surface area contributed by atoms with Crippen molar-refractivity contribution in [1.82, 2.24) is 25.2 Å². The van der Waals surface area contributed by atoms with Crippen LogP contribution in [0.3, 0.4) is 0 Å². The molecule has 0 saturated carbocycles. The van der Waals surface area contributed by atoms with Gasteiger partial charge in [-0.3, -0.25) is 4.40 Å². The van der Waals surface area contributed by atoms with E-state index in [2.05, 4.69) is 20.8 Å². The van der Waals surface area contributed by atoms with Crippen molar-refractivity contribution in [3.63, 3.8) is 0 Å². The molecule has 2 N–H and O–H groups in total. The second-order valence-corrected chi connectivity index (χ2v) is 5.39. The van der Waals surface area contributed by atoms with Gasteiger partial charge in [-0.2, -0.15) is 0 Å². The molecule has 0 saturated heterocycles. The highest BCUT2D eigenvalue weighted by Gasteiger charge is 2.15. The Kier molecular flexibility index (Phi) is 4.60. The largest absolute Gasteiger partial charge is 0.497 e. The number of pyridine rings is 1. The molecule has 7 nitrogen and oxygen atoms in total. The van der Waals surface area contributed by atoms with Crippen LogP contribution in [0.25, 0.3) is 5.65 Å². The summed E-state index contributed by atoms with van der Waals surface area (Å²) in [6, 6.07) is 12.7. The van der Waals surface area contributed by atoms with E-state index in [4.69, 9.17) is 4.74 Å². The van der Waals surface area contributed by atoms with Gasteiger partial charge in [0.2, 0.25) is 0 Å². The van der Waals surface area contributed by atoms with E-state index in [1.54, 1.807) is 7.11 Å². The molecule has 2 heterocycles. The van der Waals surface area contributed by atoms with E-state index in [-0.39, 0.29) is 12.1 Å². The summed E-state index contributed by atoms with van der Waals surface area (Å²) >= 11 is 0. The molecular formula is C17H19N5O2. The molecule has 0 bridgehead atoms. The summed E-state index contributed by atoms with van der Waals surface area (Å²) in [7, 11) is 1.61. The van der Waals surface area contributed by atoms with Crippen LogP contribution in [0.1, 0.15) is 24.4 Å². The maximum Gasteiger partial charge on any atom is 0.315 e. The lowest BCUT2D eigenvalue weighted by molar-refractivity contribution is 0.237. The number of ether oxygens (including phenoxy) is 1. The Morgan fingerprint density at radius 2 is 2.12 bits per heavy atom. The fourth-order valence-electron chi connectivity index (χ4n) is 2.43. The molecule has 1 unspecified atom stereocenters. The van der Waals surface area contributed by atoms with Crippen LogP contribution in [-0.2, 0) is 6.54 Å². The summed E-state index contributed by atoms with van der Waals surface area (Å²) in [6.45, 7) is 2.28. The molecule has 0 aliphatic rings. The molecule has 24 heavy (non-hydrogen) atoms. The lowest BCUT2D eigenvalue weighted by atomic mass is 10.2. The highest BCUT2D eigenvalue weighted by Crippen LogP contribution is 2.13. The topological polar surface area (TPSA) is 80.5 Å². The lowest BCUT2D eigenvalue weighted by Gasteiger charge is -2.13. The van der Waals surface area contributed by atoms with Gasteiger partial charge in [-0.1, -0.05) is 18.2 Å². The molecule has 7 heteroatoms. The van der Waals surface area contributed by atoms with Gasteiger partial charge in [0.25, 0.3) is 0 Å². The lowest BCUT2D eigenvalue weighted by Crippen LogP contribution is -2.37. The van der Waals surface area contributed by atoms with Gasteiger partial charge >= 0.3 is 6.03 Å². The number of nitrogens with one attached hydrogen (secondary N) is 2. The molecule has 1 aromatic carbocycles. The molecule has 0 radical (unpaired) electrons. The van der Waals surface area contributed by atoms with Crippen molar-refractivity contribution >= 4 is 11.7 Å². The van der Waals surface area contributed by atoms with Crippen LogP contribution >= 0.6 is 0 Å². The molecule has 2 aromatic heterocycles. The molecular weight excluding hydrogens is 306 g/mol. The second kappa shape index (κ2) is 6.99. The number of hydrogen-bond donors (Lipinski definition) is 2. The van der Waals surface area contributed by atoms with Gasteiger partial charge in [0.05, 0.1) is 13.2 Å². The van der Waals surface area contributed by atoms with E-state index in [9.17, 15) is 4.79 Å². The maximum atomic E-state index is 12.1. The molecule has 0 fully saturated rings. The Morgan fingerprint density at radius 3 is 2.96 bits per heavy atom. The first-order chi connectivity index (χ1) is 11.7. The fourth-order valence-corrected chi connectivity index (χ4v) is 2.43.